The first-order valence-corrected chi connectivity index (χ1v) is 8.73. The van der Waals surface area contributed by atoms with Gasteiger partial charge in [0.05, 0.1) is 11.5 Å². The lowest BCUT2D eigenvalue weighted by Gasteiger charge is -2.11. The average Bonchev–Trinajstić information content (AvgIpc) is 2.85. The summed E-state index contributed by atoms with van der Waals surface area (Å²) in [6, 6.07) is 3.24. The van der Waals surface area contributed by atoms with Crippen molar-refractivity contribution in [3.05, 3.63) is 33.8 Å². The van der Waals surface area contributed by atoms with Gasteiger partial charge in [0.15, 0.2) is 0 Å². The van der Waals surface area contributed by atoms with E-state index in [-0.39, 0.29) is 16.6 Å². The van der Waals surface area contributed by atoms with Gasteiger partial charge in [-0.3, -0.25) is 4.72 Å². The van der Waals surface area contributed by atoms with Crippen molar-refractivity contribution < 1.29 is 13.5 Å². The third kappa shape index (κ3) is 3.39. The zero-order valence-corrected chi connectivity index (χ0v) is 13.7. The molecule has 0 saturated heterocycles. The Balaban J connectivity index is 2.39. The molecule has 0 spiro atoms. The lowest BCUT2D eigenvalue weighted by atomic mass is 10.1. The van der Waals surface area contributed by atoms with E-state index in [1.807, 2.05) is 13.8 Å². The molecule has 21 heavy (non-hydrogen) atoms. The van der Waals surface area contributed by atoms with Gasteiger partial charge in [-0.05, 0) is 43.0 Å². The molecule has 1 aromatic carbocycles. The fourth-order valence-electron chi connectivity index (χ4n) is 1.94. The number of hydrogen-bond donors (Lipinski definition) is 2. The van der Waals surface area contributed by atoms with Crippen LogP contribution in [0.3, 0.4) is 0 Å². The minimum atomic E-state index is -3.74. The van der Waals surface area contributed by atoms with Crippen LogP contribution in [-0.4, -0.2) is 23.7 Å². The van der Waals surface area contributed by atoms with Gasteiger partial charge < -0.3 is 5.11 Å². The Morgan fingerprint density at radius 2 is 1.95 bits per heavy atom. The predicted molar refractivity (Wildman–Crippen MR) is 81.9 cm³/mol. The van der Waals surface area contributed by atoms with E-state index in [4.69, 9.17) is 0 Å². The Bertz CT molecular complexity index is 754. The average molecular weight is 327 g/mol. The molecule has 0 aliphatic carbocycles. The molecule has 2 N–H and O–H groups in total. The van der Waals surface area contributed by atoms with Gasteiger partial charge in [0.1, 0.15) is 5.01 Å². The van der Waals surface area contributed by atoms with Crippen LogP contribution in [-0.2, 0) is 23.1 Å². The Morgan fingerprint density at radius 1 is 1.24 bits per heavy atom. The summed E-state index contributed by atoms with van der Waals surface area (Å²) in [5.41, 5.74) is 2.07. The second kappa shape index (κ2) is 6.08. The number of aromatic nitrogens is 2. The minimum Gasteiger partial charge on any atom is -0.392 e. The van der Waals surface area contributed by atoms with E-state index in [9.17, 15) is 13.5 Å². The quantitative estimate of drug-likeness (QED) is 0.876. The molecule has 0 aliphatic rings. The molecule has 0 aliphatic heterocycles. The molecule has 6 nitrogen and oxygen atoms in total. The zero-order valence-electron chi connectivity index (χ0n) is 12.0. The molecule has 0 radical (unpaired) electrons. The van der Waals surface area contributed by atoms with Crippen LogP contribution < -0.4 is 4.72 Å². The highest BCUT2D eigenvalue weighted by molar-refractivity contribution is 7.93. The van der Waals surface area contributed by atoms with E-state index in [1.54, 1.807) is 13.0 Å². The van der Waals surface area contributed by atoms with Crippen LogP contribution >= 0.6 is 11.3 Å². The van der Waals surface area contributed by atoms with Gasteiger partial charge in [0.2, 0.25) is 5.13 Å². The third-order valence-electron chi connectivity index (χ3n) is 3.08. The van der Waals surface area contributed by atoms with Crippen molar-refractivity contribution in [2.24, 2.45) is 0 Å². The van der Waals surface area contributed by atoms with Crippen LogP contribution in [0.2, 0.25) is 0 Å². The fourth-order valence-corrected chi connectivity index (χ4v) is 4.13. The van der Waals surface area contributed by atoms with Gasteiger partial charge in [-0.25, -0.2) is 8.42 Å². The van der Waals surface area contributed by atoms with Gasteiger partial charge in [0.25, 0.3) is 10.0 Å². The first kappa shape index (κ1) is 15.9. The Hall–Kier alpha value is -1.51. The molecule has 1 aromatic heterocycles. The predicted octanol–water partition coefficient (Wildman–Crippen LogP) is 2.01. The van der Waals surface area contributed by atoms with Crippen molar-refractivity contribution in [1.29, 1.82) is 0 Å². The maximum absolute atomic E-state index is 12.4. The lowest BCUT2D eigenvalue weighted by Crippen LogP contribution is -2.15. The summed E-state index contributed by atoms with van der Waals surface area (Å²) in [4.78, 5) is 0.144. The van der Waals surface area contributed by atoms with Crippen molar-refractivity contribution in [2.75, 3.05) is 4.72 Å². The monoisotopic (exact) mass is 327 g/mol. The molecule has 0 amide bonds. The summed E-state index contributed by atoms with van der Waals surface area (Å²) >= 11 is 1.21. The maximum Gasteiger partial charge on any atom is 0.263 e. The van der Waals surface area contributed by atoms with Crippen LogP contribution in [0.5, 0.6) is 0 Å². The minimum absolute atomic E-state index is 0.144. The number of anilines is 1. The summed E-state index contributed by atoms with van der Waals surface area (Å²) in [5, 5.41) is 18.0. The summed E-state index contributed by atoms with van der Waals surface area (Å²) in [6.07, 6.45) is 0.706. The van der Waals surface area contributed by atoms with Gasteiger partial charge in [-0.15, -0.1) is 10.2 Å². The standard InChI is InChI=1S/C13H17N3O3S2/c1-4-12-14-15-13(20-12)16-21(18,19)11-6-10(7-17)8(2)5-9(11)3/h5-6,17H,4,7H2,1-3H3,(H,15,16). The molecule has 2 aromatic rings. The lowest BCUT2D eigenvalue weighted by molar-refractivity contribution is 0.280. The molecular weight excluding hydrogens is 310 g/mol. The van der Waals surface area contributed by atoms with E-state index in [2.05, 4.69) is 14.9 Å². The smallest absolute Gasteiger partial charge is 0.263 e. The number of nitrogens with zero attached hydrogens (tertiary/aromatic N) is 2. The highest BCUT2D eigenvalue weighted by atomic mass is 32.2. The maximum atomic E-state index is 12.4. The number of sulfonamides is 1. The molecule has 114 valence electrons. The molecule has 0 atom stereocenters. The fraction of sp³-hybridized carbons (Fsp3) is 0.385. The molecule has 0 saturated carbocycles. The number of aliphatic hydroxyl groups is 1. The normalized spacial score (nSPS) is 11.6. The first-order chi connectivity index (χ1) is 9.87. The number of aryl methyl sites for hydroxylation is 3. The van der Waals surface area contributed by atoms with Gasteiger partial charge in [0, 0.05) is 0 Å². The number of benzene rings is 1. The van der Waals surface area contributed by atoms with Gasteiger partial charge >= 0.3 is 0 Å². The molecular formula is C13H17N3O3S2. The van der Waals surface area contributed by atoms with Crippen LogP contribution in [0.1, 0.15) is 28.6 Å². The van der Waals surface area contributed by atoms with E-state index in [0.717, 1.165) is 10.6 Å². The second-order valence-corrected chi connectivity index (χ2v) is 7.38. The Labute approximate surface area is 127 Å². The van der Waals surface area contributed by atoms with E-state index < -0.39 is 10.0 Å². The number of hydrogen-bond acceptors (Lipinski definition) is 6. The van der Waals surface area contributed by atoms with Crippen LogP contribution in [0.4, 0.5) is 5.13 Å². The molecule has 0 fully saturated rings. The van der Waals surface area contributed by atoms with Crippen molar-refractivity contribution >= 4 is 26.5 Å². The highest BCUT2D eigenvalue weighted by Crippen LogP contribution is 2.24. The Kier molecular flexibility index (Phi) is 4.60. The summed E-state index contributed by atoms with van der Waals surface area (Å²) in [7, 11) is -3.74. The van der Waals surface area contributed by atoms with E-state index >= 15 is 0 Å². The van der Waals surface area contributed by atoms with Gasteiger partial charge in [-0.2, -0.15) is 0 Å². The molecule has 1 heterocycles. The second-order valence-electron chi connectivity index (χ2n) is 4.66. The van der Waals surface area contributed by atoms with Crippen molar-refractivity contribution in [2.45, 2.75) is 38.7 Å². The molecule has 8 heteroatoms. The molecule has 0 bridgehead atoms. The molecule has 2 rings (SSSR count). The van der Waals surface area contributed by atoms with Crippen molar-refractivity contribution in [3.8, 4) is 0 Å². The zero-order chi connectivity index (χ0) is 15.6. The van der Waals surface area contributed by atoms with Crippen molar-refractivity contribution in [3.63, 3.8) is 0 Å². The third-order valence-corrected chi connectivity index (χ3v) is 5.68. The van der Waals surface area contributed by atoms with Crippen LogP contribution in [0, 0.1) is 13.8 Å². The highest BCUT2D eigenvalue weighted by Gasteiger charge is 2.20. The van der Waals surface area contributed by atoms with E-state index in [0.29, 0.717) is 17.5 Å². The summed E-state index contributed by atoms with van der Waals surface area (Å²) in [6.45, 7) is 5.28. The SMILES string of the molecule is CCc1nnc(NS(=O)(=O)c2cc(CO)c(C)cc2C)s1. The number of aliphatic hydroxyl groups excluding tert-OH is 1. The van der Waals surface area contributed by atoms with Crippen molar-refractivity contribution in [1.82, 2.24) is 10.2 Å². The number of rotatable bonds is 5. The topological polar surface area (TPSA) is 92.2 Å². The van der Waals surface area contributed by atoms with Crippen LogP contribution in [0.25, 0.3) is 0 Å². The van der Waals surface area contributed by atoms with Crippen LogP contribution in [0.15, 0.2) is 17.0 Å². The first-order valence-electron chi connectivity index (χ1n) is 6.43. The summed E-state index contributed by atoms with van der Waals surface area (Å²) in [5.74, 6) is 0. The largest absolute Gasteiger partial charge is 0.392 e. The van der Waals surface area contributed by atoms with E-state index in [1.165, 1.54) is 17.4 Å². The Morgan fingerprint density at radius 3 is 2.52 bits per heavy atom. The summed E-state index contributed by atoms with van der Waals surface area (Å²) < 4.78 is 27.3. The van der Waals surface area contributed by atoms with Gasteiger partial charge in [-0.1, -0.05) is 24.3 Å². The number of nitrogens with one attached hydrogen (secondary N) is 1. The molecule has 0 unspecified atom stereocenters.